The molecule has 5 nitrogen and oxygen atoms in total. The molecule has 1 heterocycles. The van der Waals surface area contributed by atoms with Crippen molar-refractivity contribution >= 4 is 23.4 Å². The van der Waals surface area contributed by atoms with Crippen LogP contribution in [-0.2, 0) is 9.53 Å². The van der Waals surface area contributed by atoms with Gasteiger partial charge in [0.1, 0.15) is 0 Å². The molecule has 0 bridgehead atoms. The van der Waals surface area contributed by atoms with Gasteiger partial charge in [-0.25, -0.2) is 0 Å². The van der Waals surface area contributed by atoms with Crippen molar-refractivity contribution in [3.05, 3.63) is 28.9 Å². The van der Waals surface area contributed by atoms with Crippen molar-refractivity contribution in [1.82, 2.24) is 10.2 Å². The largest absolute Gasteiger partial charge is 0.469 e. The molecule has 0 atom stereocenters. The molecule has 0 unspecified atom stereocenters. The molecule has 6 heteroatoms. The van der Waals surface area contributed by atoms with Crippen molar-refractivity contribution in [2.75, 3.05) is 12.8 Å². The molecule has 0 amide bonds. The van der Waals surface area contributed by atoms with Gasteiger partial charge in [-0.05, 0) is 18.1 Å². The number of halogens is 1. The maximum atomic E-state index is 10.9. The number of esters is 1. The first-order valence-electron chi connectivity index (χ1n) is 5.08. The van der Waals surface area contributed by atoms with E-state index in [2.05, 4.69) is 33.4 Å². The van der Waals surface area contributed by atoms with Crippen molar-refractivity contribution in [3.8, 4) is 11.8 Å². The number of rotatable bonds is 3. The first-order valence-corrected chi connectivity index (χ1v) is 5.46. The Hall–Kier alpha value is -2.06. The highest BCUT2D eigenvalue weighted by atomic mass is 35.5. The molecular formula is C12H12ClN3O2. The third-order valence-corrected chi connectivity index (χ3v) is 2.21. The number of allylic oxidation sites excluding steroid dienone is 1. The molecule has 0 aromatic carbocycles. The van der Waals surface area contributed by atoms with Crippen molar-refractivity contribution in [2.45, 2.75) is 12.8 Å². The molecule has 18 heavy (non-hydrogen) atoms. The number of nitrogen functional groups attached to an aromatic ring is 1. The predicted molar refractivity (Wildman–Crippen MR) is 68.7 cm³/mol. The predicted octanol–water partition coefficient (Wildman–Crippen LogP) is 1.57. The van der Waals surface area contributed by atoms with Crippen LogP contribution in [0, 0.1) is 11.8 Å². The van der Waals surface area contributed by atoms with Gasteiger partial charge in [0.15, 0.2) is 11.0 Å². The summed E-state index contributed by atoms with van der Waals surface area (Å²) in [5.41, 5.74) is 6.67. The third kappa shape index (κ3) is 4.44. The Bertz CT molecular complexity index is 532. The molecule has 2 N–H and O–H groups in total. The van der Waals surface area contributed by atoms with Gasteiger partial charge in [0.2, 0.25) is 0 Å². The van der Waals surface area contributed by atoms with E-state index in [-0.39, 0.29) is 23.4 Å². The summed E-state index contributed by atoms with van der Waals surface area (Å²) in [6, 6.07) is 1.52. The molecule has 0 fully saturated rings. The first-order chi connectivity index (χ1) is 8.52. The molecule has 0 saturated heterocycles. The van der Waals surface area contributed by atoms with Gasteiger partial charge >= 0.3 is 5.97 Å². The van der Waals surface area contributed by atoms with E-state index in [1.165, 1.54) is 13.2 Å². The van der Waals surface area contributed by atoms with Gasteiger partial charge in [0, 0.05) is 0 Å². The molecule has 0 aliphatic carbocycles. The summed E-state index contributed by atoms with van der Waals surface area (Å²) < 4.78 is 4.51. The van der Waals surface area contributed by atoms with E-state index < -0.39 is 0 Å². The third-order valence-electron chi connectivity index (χ3n) is 2.03. The first kappa shape index (κ1) is 14.0. The summed E-state index contributed by atoms with van der Waals surface area (Å²) in [7, 11) is 1.34. The highest BCUT2D eigenvalue weighted by Gasteiger charge is 2.01. The van der Waals surface area contributed by atoms with Gasteiger partial charge in [0.05, 0.1) is 19.1 Å². The Balaban J connectivity index is 2.67. The maximum Gasteiger partial charge on any atom is 0.305 e. The second-order valence-corrected chi connectivity index (χ2v) is 3.78. The van der Waals surface area contributed by atoms with Crippen LogP contribution >= 0.6 is 11.6 Å². The van der Waals surface area contributed by atoms with Crippen molar-refractivity contribution in [2.24, 2.45) is 0 Å². The molecule has 0 spiro atoms. The van der Waals surface area contributed by atoms with Crippen LogP contribution in [-0.4, -0.2) is 23.3 Å². The fourth-order valence-electron chi connectivity index (χ4n) is 1.05. The number of carbonyl (C=O) groups excluding carboxylic acids is 1. The molecule has 0 radical (unpaired) electrons. The quantitative estimate of drug-likeness (QED) is 0.663. The van der Waals surface area contributed by atoms with Gasteiger partial charge in [-0.3, -0.25) is 4.79 Å². The average Bonchev–Trinajstić information content (AvgIpc) is 2.36. The number of nitrogens with two attached hydrogens (primary N) is 1. The molecule has 0 saturated carbocycles. The number of hydrogen-bond acceptors (Lipinski definition) is 5. The van der Waals surface area contributed by atoms with Crippen LogP contribution in [0.4, 0.5) is 5.82 Å². The number of aromatic nitrogens is 2. The zero-order chi connectivity index (χ0) is 13.5. The highest BCUT2D eigenvalue weighted by molar-refractivity contribution is 6.29. The lowest BCUT2D eigenvalue weighted by atomic mass is 10.1. The second-order valence-electron chi connectivity index (χ2n) is 3.40. The number of ether oxygens (including phenoxy) is 1. The lowest BCUT2D eigenvalue weighted by Crippen LogP contribution is -1.99. The smallest absolute Gasteiger partial charge is 0.305 e. The van der Waals surface area contributed by atoms with Crippen LogP contribution in [0.2, 0.25) is 5.15 Å². The minimum absolute atomic E-state index is 0.202. The summed E-state index contributed by atoms with van der Waals surface area (Å²) >= 11 is 5.67. The summed E-state index contributed by atoms with van der Waals surface area (Å²) in [5, 5.41) is 7.43. The topological polar surface area (TPSA) is 78.1 Å². The van der Waals surface area contributed by atoms with E-state index in [0.29, 0.717) is 17.6 Å². The molecule has 1 aromatic heterocycles. The zero-order valence-corrected chi connectivity index (χ0v) is 10.6. The number of hydrogen-bond donors (Lipinski definition) is 1. The number of methoxy groups -OCH3 is 1. The van der Waals surface area contributed by atoms with Gasteiger partial charge in [0.25, 0.3) is 0 Å². The Morgan fingerprint density at radius 1 is 1.56 bits per heavy atom. The van der Waals surface area contributed by atoms with Gasteiger partial charge in [-0.15, -0.1) is 10.2 Å². The fourth-order valence-corrected chi connectivity index (χ4v) is 1.20. The van der Waals surface area contributed by atoms with Gasteiger partial charge in [-0.2, -0.15) is 0 Å². The molecule has 1 aromatic rings. The molecular weight excluding hydrogens is 254 g/mol. The van der Waals surface area contributed by atoms with E-state index in [0.717, 1.165) is 0 Å². The summed E-state index contributed by atoms with van der Waals surface area (Å²) in [6.07, 6.45) is 0.681. The van der Waals surface area contributed by atoms with E-state index >= 15 is 0 Å². The normalized spacial score (nSPS) is 9.22. The fraction of sp³-hybridized carbons (Fsp3) is 0.250. The van der Waals surface area contributed by atoms with Crippen LogP contribution in [0.5, 0.6) is 0 Å². The summed E-state index contributed by atoms with van der Waals surface area (Å²) in [6.45, 7) is 3.74. The molecule has 0 aliphatic heterocycles. The van der Waals surface area contributed by atoms with Crippen molar-refractivity contribution in [3.63, 3.8) is 0 Å². The van der Waals surface area contributed by atoms with Crippen LogP contribution < -0.4 is 5.73 Å². The number of nitrogens with zero attached hydrogens (tertiary/aromatic N) is 2. The Kier molecular flexibility index (Phi) is 5.15. The number of carbonyl (C=O) groups is 1. The van der Waals surface area contributed by atoms with Crippen LogP contribution in [0.1, 0.15) is 18.4 Å². The molecule has 1 rings (SSSR count). The van der Waals surface area contributed by atoms with Crippen molar-refractivity contribution < 1.29 is 9.53 Å². The van der Waals surface area contributed by atoms with E-state index in [4.69, 9.17) is 17.3 Å². The maximum absolute atomic E-state index is 10.9. The molecule has 0 aliphatic rings. The van der Waals surface area contributed by atoms with Crippen LogP contribution in [0.25, 0.3) is 0 Å². The van der Waals surface area contributed by atoms with Crippen LogP contribution in [0.15, 0.2) is 18.2 Å². The van der Waals surface area contributed by atoms with Gasteiger partial charge < -0.3 is 10.5 Å². The Morgan fingerprint density at radius 3 is 2.94 bits per heavy atom. The highest BCUT2D eigenvalue weighted by Crippen LogP contribution is 2.11. The summed E-state index contributed by atoms with van der Waals surface area (Å²) in [4.78, 5) is 10.9. The SMILES string of the molecule is C=C(C#Cc1cc(Cl)nnc1N)CCC(=O)OC. The average molecular weight is 266 g/mol. The monoisotopic (exact) mass is 265 g/mol. The lowest BCUT2D eigenvalue weighted by molar-refractivity contribution is -0.140. The minimum atomic E-state index is -0.300. The van der Waals surface area contributed by atoms with Crippen LogP contribution in [0.3, 0.4) is 0 Å². The minimum Gasteiger partial charge on any atom is -0.469 e. The Labute approximate surface area is 110 Å². The lowest BCUT2D eigenvalue weighted by Gasteiger charge is -1.98. The number of anilines is 1. The van der Waals surface area contributed by atoms with Crippen molar-refractivity contribution in [1.29, 1.82) is 0 Å². The standard InChI is InChI=1S/C12H12ClN3O2/c1-8(4-6-11(17)18-2)3-5-9-7-10(13)15-16-12(9)14/h7H,1,4,6H2,2H3,(H2,14,16). The second kappa shape index (κ2) is 6.62. The molecule has 94 valence electrons. The van der Waals surface area contributed by atoms with E-state index in [1.807, 2.05) is 0 Å². The van der Waals surface area contributed by atoms with E-state index in [1.54, 1.807) is 0 Å². The summed E-state index contributed by atoms with van der Waals surface area (Å²) in [5.74, 6) is 5.47. The zero-order valence-electron chi connectivity index (χ0n) is 9.86. The van der Waals surface area contributed by atoms with E-state index in [9.17, 15) is 4.79 Å². The van der Waals surface area contributed by atoms with Gasteiger partial charge in [-0.1, -0.05) is 30.0 Å². The Morgan fingerprint density at radius 2 is 2.28 bits per heavy atom.